The van der Waals surface area contributed by atoms with Gasteiger partial charge in [0.2, 0.25) is 12.4 Å². The van der Waals surface area contributed by atoms with E-state index in [0.717, 1.165) is 35.6 Å². The van der Waals surface area contributed by atoms with Crippen molar-refractivity contribution in [2.75, 3.05) is 38.0 Å². The molecule has 37 heavy (non-hydrogen) atoms. The highest BCUT2D eigenvalue weighted by Crippen LogP contribution is 2.26. The summed E-state index contributed by atoms with van der Waals surface area (Å²) in [5.41, 5.74) is 6.69. The third-order valence-corrected chi connectivity index (χ3v) is 6.08. The highest BCUT2D eigenvalue weighted by molar-refractivity contribution is 5.78. The summed E-state index contributed by atoms with van der Waals surface area (Å²) in [7, 11) is 0. The Morgan fingerprint density at radius 3 is 2.30 bits per heavy atom. The first-order valence-electron chi connectivity index (χ1n) is 13.0. The van der Waals surface area contributed by atoms with E-state index in [9.17, 15) is 4.79 Å². The summed E-state index contributed by atoms with van der Waals surface area (Å²) in [6, 6.07) is 21.2. The van der Waals surface area contributed by atoms with Gasteiger partial charge in [0.05, 0.1) is 0 Å². The summed E-state index contributed by atoms with van der Waals surface area (Å²) < 4.78 is 1.84. The van der Waals surface area contributed by atoms with Crippen LogP contribution in [0.4, 0.5) is 11.6 Å². The first-order chi connectivity index (χ1) is 18.2. The first-order valence-corrected chi connectivity index (χ1v) is 13.0. The predicted molar refractivity (Wildman–Crippen MR) is 150 cm³/mol. The number of fused-ring (bicyclic) bond motifs is 1. The molecule has 194 valence electrons. The maximum atomic E-state index is 9.29. The quantitative estimate of drug-likeness (QED) is 0.258. The number of amides is 1. The van der Waals surface area contributed by atoms with Crippen molar-refractivity contribution in [2.45, 2.75) is 33.2 Å². The van der Waals surface area contributed by atoms with Gasteiger partial charge >= 0.3 is 0 Å². The van der Waals surface area contributed by atoms with Gasteiger partial charge in [-0.15, -0.1) is 5.10 Å². The number of nitrogens with zero attached hydrogens (tertiary/aromatic N) is 4. The number of carbonyl (C=O) groups is 1. The lowest BCUT2D eigenvalue weighted by molar-refractivity contribution is -0.109. The largest absolute Gasteiger partial charge is 0.359 e. The van der Waals surface area contributed by atoms with Crippen LogP contribution in [-0.4, -0.2) is 58.6 Å². The summed E-state index contributed by atoms with van der Waals surface area (Å²) in [5, 5.41) is 13.3. The second-order valence-electron chi connectivity index (χ2n) is 9.22. The lowest BCUT2D eigenvalue weighted by Gasteiger charge is -2.14. The molecule has 0 radical (unpaired) electrons. The van der Waals surface area contributed by atoms with Crippen LogP contribution in [0.2, 0.25) is 0 Å². The smallest absolute Gasteiger partial charge is 0.247 e. The molecular weight excluding hydrogens is 462 g/mol. The van der Waals surface area contributed by atoms with Gasteiger partial charge in [-0.1, -0.05) is 42.0 Å². The SMILES string of the molecule is C1CN1.CCNC=O.Cc1ccc(Nc2nc3c(-c4ccc(CN5CCCC5)cc4)cccn3n2)cc1. The topological polar surface area (TPSA) is 96.5 Å². The van der Waals surface area contributed by atoms with Gasteiger partial charge in [0.15, 0.2) is 5.65 Å². The fourth-order valence-corrected chi connectivity index (χ4v) is 4.02. The molecule has 2 aliphatic rings. The molecule has 8 heteroatoms. The standard InChI is InChI=1S/C24H25N5.C3H7NO.C2H5N/c1-18-6-12-21(13-7-18)25-24-26-23-22(5-4-16-29(23)27-24)20-10-8-19(9-11-20)17-28-14-2-3-15-28;1-2-4-3-5;1-2-3-1/h4-13,16H,2-3,14-15,17H2,1H3,(H,25,27);3H,2H2,1H3,(H,4,5);3H,1-2H2. The minimum atomic E-state index is 0.604. The number of nitrogens with one attached hydrogen (secondary N) is 3. The van der Waals surface area contributed by atoms with Crippen LogP contribution in [0.1, 0.15) is 30.9 Å². The summed E-state index contributed by atoms with van der Waals surface area (Å²) in [6.07, 6.45) is 5.27. The van der Waals surface area contributed by atoms with E-state index in [4.69, 9.17) is 4.98 Å². The van der Waals surface area contributed by atoms with Gasteiger partial charge in [-0.2, -0.15) is 4.98 Å². The zero-order chi connectivity index (χ0) is 25.9. The van der Waals surface area contributed by atoms with Crippen molar-refractivity contribution < 1.29 is 4.79 Å². The fourth-order valence-electron chi connectivity index (χ4n) is 4.02. The third-order valence-electron chi connectivity index (χ3n) is 6.08. The van der Waals surface area contributed by atoms with Crippen molar-refractivity contribution in [3.05, 3.63) is 78.0 Å². The van der Waals surface area contributed by atoms with E-state index in [-0.39, 0.29) is 0 Å². The van der Waals surface area contributed by atoms with Gasteiger partial charge in [-0.05, 0) is 75.2 Å². The van der Waals surface area contributed by atoms with Crippen LogP contribution in [-0.2, 0) is 11.3 Å². The van der Waals surface area contributed by atoms with Gasteiger partial charge < -0.3 is 16.0 Å². The van der Waals surface area contributed by atoms with Gasteiger partial charge in [-0.3, -0.25) is 9.69 Å². The van der Waals surface area contributed by atoms with Crippen molar-refractivity contribution in [3.8, 4) is 11.1 Å². The zero-order valence-electron chi connectivity index (χ0n) is 21.8. The maximum absolute atomic E-state index is 9.29. The average molecular weight is 500 g/mol. The number of aromatic nitrogens is 3. The Bertz CT molecular complexity index is 1240. The maximum Gasteiger partial charge on any atom is 0.247 e. The van der Waals surface area contributed by atoms with Crippen LogP contribution in [0.5, 0.6) is 0 Å². The molecule has 1 amide bonds. The summed E-state index contributed by atoms with van der Waals surface area (Å²) in [6.45, 7) is 10.7. The summed E-state index contributed by atoms with van der Waals surface area (Å²) in [5.74, 6) is 0.604. The Labute approximate surface area is 219 Å². The van der Waals surface area contributed by atoms with Gasteiger partial charge in [0.1, 0.15) is 0 Å². The molecule has 2 aliphatic heterocycles. The Morgan fingerprint density at radius 2 is 1.70 bits per heavy atom. The van der Waals surface area contributed by atoms with E-state index < -0.39 is 0 Å². The van der Waals surface area contributed by atoms with Crippen molar-refractivity contribution in [1.82, 2.24) is 30.1 Å². The zero-order valence-corrected chi connectivity index (χ0v) is 21.8. The first kappa shape index (κ1) is 26.3. The molecule has 2 aromatic heterocycles. The third kappa shape index (κ3) is 8.13. The molecule has 4 heterocycles. The molecule has 2 fully saturated rings. The number of aryl methyl sites for hydroxylation is 1. The van der Waals surface area contributed by atoms with E-state index in [1.165, 1.54) is 50.1 Å². The summed E-state index contributed by atoms with van der Waals surface area (Å²) >= 11 is 0. The molecule has 2 saturated heterocycles. The van der Waals surface area contributed by atoms with Crippen LogP contribution in [0, 0.1) is 6.92 Å². The number of hydrogen-bond donors (Lipinski definition) is 3. The molecule has 0 spiro atoms. The predicted octanol–water partition coefficient (Wildman–Crippen LogP) is 4.39. The second-order valence-corrected chi connectivity index (χ2v) is 9.22. The molecule has 0 atom stereocenters. The van der Waals surface area contributed by atoms with Crippen LogP contribution in [0.15, 0.2) is 66.9 Å². The number of likely N-dealkylation sites (tertiary alicyclic amines) is 1. The Balaban J connectivity index is 0.000000347. The van der Waals surface area contributed by atoms with Crippen LogP contribution in [0.3, 0.4) is 0 Å². The van der Waals surface area contributed by atoms with Crippen molar-refractivity contribution in [3.63, 3.8) is 0 Å². The van der Waals surface area contributed by atoms with Crippen molar-refractivity contribution in [2.24, 2.45) is 0 Å². The lowest BCUT2D eigenvalue weighted by atomic mass is 10.0. The molecule has 8 nitrogen and oxygen atoms in total. The van der Waals surface area contributed by atoms with Gasteiger partial charge in [-0.25, -0.2) is 4.52 Å². The van der Waals surface area contributed by atoms with E-state index in [1.807, 2.05) is 35.8 Å². The minimum absolute atomic E-state index is 0.604. The number of anilines is 2. The lowest BCUT2D eigenvalue weighted by Crippen LogP contribution is -2.18. The van der Waals surface area contributed by atoms with Crippen molar-refractivity contribution in [1.29, 1.82) is 0 Å². The molecular formula is C29H37N7O. The highest BCUT2D eigenvalue weighted by Gasteiger charge is 2.13. The summed E-state index contributed by atoms with van der Waals surface area (Å²) in [4.78, 5) is 16.6. The molecule has 0 unspecified atom stereocenters. The van der Waals surface area contributed by atoms with E-state index >= 15 is 0 Å². The normalized spacial score (nSPS) is 14.2. The van der Waals surface area contributed by atoms with Gasteiger partial charge in [0.25, 0.3) is 0 Å². The molecule has 3 N–H and O–H groups in total. The van der Waals surface area contributed by atoms with Crippen LogP contribution in [0.25, 0.3) is 16.8 Å². The van der Waals surface area contributed by atoms with Gasteiger partial charge in [0, 0.05) is 43.6 Å². The fraction of sp³-hybridized carbons (Fsp3) is 0.345. The Hall–Kier alpha value is -3.75. The molecule has 6 rings (SSSR count). The van der Waals surface area contributed by atoms with Crippen LogP contribution < -0.4 is 16.0 Å². The van der Waals surface area contributed by atoms with Crippen LogP contribution >= 0.6 is 0 Å². The van der Waals surface area contributed by atoms with E-state index in [1.54, 1.807) is 0 Å². The highest BCUT2D eigenvalue weighted by atomic mass is 16.1. The molecule has 0 bridgehead atoms. The molecule has 0 saturated carbocycles. The van der Waals surface area contributed by atoms with E-state index in [2.05, 4.69) is 75.3 Å². The van der Waals surface area contributed by atoms with E-state index in [0.29, 0.717) is 12.4 Å². The monoisotopic (exact) mass is 499 g/mol. The molecule has 4 aromatic rings. The number of hydrogen-bond acceptors (Lipinski definition) is 6. The minimum Gasteiger partial charge on any atom is -0.359 e. The Morgan fingerprint density at radius 1 is 1.00 bits per heavy atom. The van der Waals surface area contributed by atoms with Crippen molar-refractivity contribution >= 4 is 23.7 Å². The number of carbonyl (C=O) groups excluding carboxylic acids is 1. The second kappa shape index (κ2) is 13.5. The average Bonchev–Trinajstić information content (AvgIpc) is 3.61. The Kier molecular flexibility index (Phi) is 9.62. The number of benzene rings is 2. The number of pyridine rings is 1. The number of rotatable bonds is 7. The molecule has 0 aliphatic carbocycles. The molecule has 2 aromatic carbocycles.